The maximum Gasteiger partial charge on any atom is 0.236 e. The van der Waals surface area contributed by atoms with Crippen LogP contribution < -0.4 is 0 Å². The number of aromatic nitrogens is 3. The van der Waals surface area contributed by atoms with Crippen LogP contribution in [-0.2, 0) is 0 Å². The van der Waals surface area contributed by atoms with Gasteiger partial charge >= 0.3 is 0 Å². The SMILES string of the molecule is c1ccc(-c2ccc(-c3nc(-n4c5ccc6c7ccccc7c7ccccc7c6c5c5ccc6ccccc6c54)nc4sc5ccccc5c34)cc2)cc1. The molecule has 0 saturated carbocycles. The number of fused-ring (bicyclic) bond motifs is 15. The molecule has 0 spiro atoms. The minimum atomic E-state index is 0.678. The first-order valence-corrected chi connectivity index (χ1v) is 19.2. The molecule has 0 aliphatic carbocycles. The first kappa shape index (κ1) is 29.7. The zero-order valence-corrected chi connectivity index (χ0v) is 29.8. The highest BCUT2D eigenvalue weighted by atomic mass is 32.1. The summed E-state index contributed by atoms with van der Waals surface area (Å²) in [6.45, 7) is 0. The number of rotatable bonds is 3. The Hall–Kier alpha value is -6.88. The molecule has 0 saturated heterocycles. The average Bonchev–Trinajstić information content (AvgIpc) is 3.80. The van der Waals surface area contributed by atoms with Crippen LogP contribution >= 0.6 is 11.3 Å². The monoisotopic (exact) mass is 703 g/mol. The molecule has 12 aromatic rings. The standard InChI is InChI=1S/C50H29N3S/c1-2-12-30(13-3-1)31-22-24-33(25-23-31)47-46-40-20-10-11-21-43(40)54-49(46)52-50(51-47)53-42-29-28-39-37-18-7-6-16-35(37)36-17-8-9-19-38(36)44(39)45(42)41-27-26-32-14-4-5-15-34(32)48(41)53/h1-29H. The van der Waals surface area contributed by atoms with E-state index in [2.05, 4.69) is 180 Å². The van der Waals surface area contributed by atoms with Gasteiger partial charge in [0, 0.05) is 42.6 Å². The topological polar surface area (TPSA) is 30.7 Å². The van der Waals surface area contributed by atoms with Crippen LogP contribution in [-0.4, -0.2) is 14.5 Å². The molecule has 0 amide bonds. The number of hydrogen-bond donors (Lipinski definition) is 0. The smallest absolute Gasteiger partial charge is 0.236 e. The Labute approximate surface area is 314 Å². The Morgan fingerprint density at radius 1 is 0.370 bits per heavy atom. The summed E-state index contributed by atoms with van der Waals surface area (Å²) in [6, 6.07) is 63.6. The summed E-state index contributed by atoms with van der Waals surface area (Å²) >= 11 is 1.74. The van der Waals surface area contributed by atoms with Gasteiger partial charge < -0.3 is 0 Å². The van der Waals surface area contributed by atoms with Crippen molar-refractivity contribution in [2.45, 2.75) is 0 Å². The van der Waals surface area contributed by atoms with E-state index in [4.69, 9.17) is 9.97 Å². The minimum absolute atomic E-state index is 0.678. The van der Waals surface area contributed by atoms with Crippen molar-refractivity contribution in [2.24, 2.45) is 0 Å². The summed E-state index contributed by atoms with van der Waals surface area (Å²) in [5.41, 5.74) is 6.61. The van der Waals surface area contributed by atoms with E-state index in [9.17, 15) is 0 Å². The molecule has 0 radical (unpaired) electrons. The van der Waals surface area contributed by atoms with Crippen molar-refractivity contribution in [3.05, 3.63) is 176 Å². The normalized spacial score (nSPS) is 12.1. The molecule has 0 bridgehead atoms. The lowest BCUT2D eigenvalue weighted by Crippen LogP contribution is -2.03. The third-order valence-electron chi connectivity index (χ3n) is 11.2. The number of nitrogens with zero attached hydrogens (tertiary/aromatic N) is 3. The van der Waals surface area contributed by atoms with Crippen LogP contribution in [0.2, 0.25) is 0 Å². The summed E-state index contributed by atoms with van der Waals surface area (Å²) in [4.78, 5) is 12.1. The molecule has 3 aromatic heterocycles. The molecule has 54 heavy (non-hydrogen) atoms. The van der Waals surface area contributed by atoms with Gasteiger partial charge in [-0.1, -0.05) is 164 Å². The highest BCUT2D eigenvalue weighted by Gasteiger charge is 2.23. The van der Waals surface area contributed by atoms with E-state index in [0.29, 0.717) is 5.95 Å². The quantitative estimate of drug-likeness (QED) is 0.172. The number of benzene rings is 9. The van der Waals surface area contributed by atoms with Crippen LogP contribution in [0.1, 0.15) is 0 Å². The lowest BCUT2D eigenvalue weighted by Gasteiger charge is -2.13. The third kappa shape index (κ3) is 4.17. The zero-order valence-electron chi connectivity index (χ0n) is 29.0. The van der Waals surface area contributed by atoms with Crippen LogP contribution in [0.25, 0.3) is 114 Å². The number of thiophene rings is 1. The Kier molecular flexibility index (Phi) is 6.21. The van der Waals surface area contributed by atoms with Crippen LogP contribution in [0, 0.1) is 0 Å². The van der Waals surface area contributed by atoms with E-state index >= 15 is 0 Å². The maximum absolute atomic E-state index is 5.60. The van der Waals surface area contributed by atoms with E-state index in [0.717, 1.165) is 32.5 Å². The number of hydrogen-bond acceptors (Lipinski definition) is 3. The summed E-state index contributed by atoms with van der Waals surface area (Å²) in [5.74, 6) is 0.678. The predicted molar refractivity (Wildman–Crippen MR) is 230 cm³/mol. The third-order valence-corrected chi connectivity index (χ3v) is 12.3. The van der Waals surface area contributed by atoms with Gasteiger partial charge in [-0.25, -0.2) is 9.97 Å². The molecule has 3 nitrogen and oxygen atoms in total. The van der Waals surface area contributed by atoms with Crippen molar-refractivity contribution in [1.82, 2.24) is 14.5 Å². The molecular weight excluding hydrogens is 675 g/mol. The summed E-state index contributed by atoms with van der Waals surface area (Å²) in [7, 11) is 0. The van der Waals surface area contributed by atoms with Gasteiger partial charge in [0.1, 0.15) is 4.83 Å². The molecule has 0 aliphatic rings. The molecule has 3 heterocycles. The van der Waals surface area contributed by atoms with Crippen molar-refractivity contribution in [3.8, 4) is 28.3 Å². The van der Waals surface area contributed by atoms with E-state index < -0.39 is 0 Å². The van der Waals surface area contributed by atoms with Crippen LogP contribution in [0.5, 0.6) is 0 Å². The Morgan fingerprint density at radius 2 is 0.944 bits per heavy atom. The Bertz CT molecular complexity index is 3450. The van der Waals surface area contributed by atoms with Crippen molar-refractivity contribution < 1.29 is 0 Å². The van der Waals surface area contributed by atoms with Gasteiger partial charge in [0.15, 0.2) is 0 Å². The summed E-state index contributed by atoms with van der Waals surface area (Å²) < 4.78 is 3.54. The first-order valence-electron chi connectivity index (χ1n) is 18.3. The molecule has 0 fully saturated rings. The van der Waals surface area contributed by atoms with Gasteiger partial charge in [0.2, 0.25) is 5.95 Å². The Balaban J connectivity index is 1.24. The highest BCUT2D eigenvalue weighted by molar-refractivity contribution is 7.25. The van der Waals surface area contributed by atoms with Gasteiger partial charge in [-0.2, -0.15) is 0 Å². The molecular formula is C50H29N3S. The van der Waals surface area contributed by atoms with Crippen molar-refractivity contribution >= 4 is 96.5 Å². The largest absolute Gasteiger partial charge is 0.277 e. The molecule has 4 heteroatoms. The van der Waals surface area contributed by atoms with E-state index in [-0.39, 0.29) is 0 Å². The molecule has 0 unspecified atom stereocenters. The fraction of sp³-hybridized carbons (Fsp3) is 0. The molecule has 12 rings (SSSR count). The lowest BCUT2D eigenvalue weighted by molar-refractivity contribution is 1.02. The summed E-state index contributed by atoms with van der Waals surface area (Å²) in [6.07, 6.45) is 0. The second-order valence-electron chi connectivity index (χ2n) is 14.1. The van der Waals surface area contributed by atoms with Crippen molar-refractivity contribution in [1.29, 1.82) is 0 Å². The summed E-state index contributed by atoms with van der Waals surface area (Å²) in [5, 5.41) is 14.6. The Morgan fingerprint density at radius 3 is 1.72 bits per heavy atom. The van der Waals surface area contributed by atoms with Crippen LogP contribution in [0.4, 0.5) is 0 Å². The fourth-order valence-corrected chi connectivity index (χ4v) is 9.91. The second-order valence-corrected chi connectivity index (χ2v) is 15.1. The predicted octanol–water partition coefficient (Wildman–Crippen LogP) is 13.9. The highest BCUT2D eigenvalue weighted by Crippen LogP contribution is 2.46. The van der Waals surface area contributed by atoms with Crippen LogP contribution in [0.3, 0.4) is 0 Å². The van der Waals surface area contributed by atoms with Crippen molar-refractivity contribution in [2.75, 3.05) is 0 Å². The fourth-order valence-electron chi connectivity index (χ4n) is 8.84. The van der Waals surface area contributed by atoms with Gasteiger partial charge in [0.05, 0.1) is 16.7 Å². The van der Waals surface area contributed by atoms with Crippen molar-refractivity contribution in [3.63, 3.8) is 0 Å². The van der Waals surface area contributed by atoms with Gasteiger partial charge in [-0.3, -0.25) is 4.57 Å². The van der Waals surface area contributed by atoms with Gasteiger partial charge in [-0.15, -0.1) is 11.3 Å². The van der Waals surface area contributed by atoms with E-state index in [1.165, 1.54) is 75.1 Å². The molecule has 9 aromatic carbocycles. The van der Waals surface area contributed by atoms with Gasteiger partial charge in [-0.05, 0) is 55.6 Å². The minimum Gasteiger partial charge on any atom is -0.277 e. The molecule has 0 N–H and O–H groups in total. The lowest BCUT2D eigenvalue weighted by atomic mass is 9.91. The first-order chi connectivity index (χ1) is 26.8. The molecule has 0 aliphatic heterocycles. The van der Waals surface area contributed by atoms with E-state index in [1.807, 2.05) is 0 Å². The maximum atomic E-state index is 5.60. The second kappa shape index (κ2) is 11.3. The van der Waals surface area contributed by atoms with Crippen LogP contribution in [0.15, 0.2) is 176 Å². The zero-order chi connectivity index (χ0) is 35.3. The molecule has 0 atom stereocenters. The average molecular weight is 704 g/mol. The van der Waals surface area contributed by atoms with Gasteiger partial charge in [0.25, 0.3) is 0 Å². The molecule has 250 valence electrons. The van der Waals surface area contributed by atoms with E-state index in [1.54, 1.807) is 11.3 Å².